The number of pyridine rings is 1. The van der Waals surface area contributed by atoms with Gasteiger partial charge in [-0.1, -0.05) is 6.07 Å². The highest BCUT2D eigenvalue weighted by Gasteiger charge is 2.32. The van der Waals surface area contributed by atoms with Crippen molar-refractivity contribution in [3.8, 4) is 0 Å². The number of aryl methyl sites for hydroxylation is 2. The minimum atomic E-state index is 0.146. The number of thiophene rings is 1. The van der Waals surface area contributed by atoms with Gasteiger partial charge in [-0.2, -0.15) is 0 Å². The van der Waals surface area contributed by atoms with Gasteiger partial charge < -0.3 is 4.90 Å². The number of amides is 1. The van der Waals surface area contributed by atoms with Crippen molar-refractivity contribution in [2.75, 3.05) is 6.54 Å². The molecule has 2 aromatic rings. The average molecular weight is 312 g/mol. The molecular weight excluding hydrogens is 292 g/mol. The first kappa shape index (κ1) is 13.9. The number of likely N-dealkylation sites (tertiary alicyclic amines) is 1. The smallest absolute Gasteiger partial charge is 0.264 e. The molecule has 0 N–H and O–H groups in total. The van der Waals surface area contributed by atoms with Crippen LogP contribution in [0, 0.1) is 0 Å². The first-order chi connectivity index (χ1) is 10.8. The van der Waals surface area contributed by atoms with Crippen LogP contribution in [0.3, 0.4) is 0 Å². The van der Waals surface area contributed by atoms with Crippen molar-refractivity contribution in [3.05, 3.63) is 51.5 Å². The molecule has 2 aliphatic rings. The normalized spacial score (nSPS) is 20.9. The van der Waals surface area contributed by atoms with Gasteiger partial charge in [-0.15, -0.1) is 11.3 Å². The topological polar surface area (TPSA) is 33.2 Å². The van der Waals surface area contributed by atoms with E-state index in [1.54, 1.807) is 11.3 Å². The van der Waals surface area contributed by atoms with Crippen LogP contribution in [-0.2, 0) is 12.8 Å². The number of fused-ring (bicyclic) bond motifs is 1. The van der Waals surface area contributed by atoms with Crippen molar-refractivity contribution in [2.24, 2.45) is 0 Å². The summed E-state index contributed by atoms with van der Waals surface area (Å²) < 4.78 is 0. The minimum absolute atomic E-state index is 0.146. The second kappa shape index (κ2) is 5.84. The van der Waals surface area contributed by atoms with Crippen molar-refractivity contribution in [2.45, 2.75) is 44.6 Å². The molecule has 0 bridgehead atoms. The zero-order chi connectivity index (χ0) is 14.9. The lowest BCUT2D eigenvalue weighted by Gasteiger charge is -2.23. The maximum atomic E-state index is 13.0. The third-order valence-corrected chi connectivity index (χ3v) is 5.98. The number of aromatic nitrogens is 1. The average Bonchev–Trinajstić information content (AvgIpc) is 3.21. The van der Waals surface area contributed by atoms with Crippen LogP contribution in [0.5, 0.6) is 0 Å². The number of carbonyl (C=O) groups excluding carboxylic acids is 1. The van der Waals surface area contributed by atoms with Crippen molar-refractivity contribution < 1.29 is 4.79 Å². The number of carbonyl (C=O) groups is 1. The summed E-state index contributed by atoms with van der Waals surface area (Å²) in [6.45, 7) is 0.850. The Balaban J connectivity index is 1.60. The van der Waals surface area contributed by atoms with Gasteiger partial charge in [-0.3, -0.25) is 9.78 Å². The van der Waals surface area contributed by atoms with E-state index in [0.29, 0.717) is 0 Å². The maximum Gasteiger partial charge on any atom is 0.264 e. The number of hydrogen-bond acceptors (Lipinski definition) is 3. The second-order valence-electron chi connectivity index (χ2n) is 6.18. The van der Waals surface area contributed by atoms with E-state index in [9.17, 15) is 4.79 Å². The van der Waals surface area contributed by atoms with Crippen molar-refractivity contribution >= 4 is 17.2 Å². The molecule has 1 fully saturated rings. The minimum Gasteiger partial charge on any atom is -0.329 e. The fourth-order valence-electron chi connectivity index (χ4n) is 3.63. The van der Waals surface area contributed by atoms with Gasteiger partial charge in [0.25, 0.3) is 5.91 Å². The van der Waals surface area contributed by atoms with E-state index in [-0.39, 0.29) is 11.9 Å². The lowest BCUT2D eigenvalue weighted by molar-refractivity contribution is 0.0738. The zero-order valence-corrected chi connectivity index (χ0v) is 13.4. The Kier molecular flexibility index (Phi) is 3.70. The summed E-state index contributed by atoms with van der Waals surface area (Å²) in [6.07, 6.45) is 8.73. The molecular formula is C18H20N2OS. The lowest BCUT2D eigenvalue weighted by Crippen LogP contribution is -2.30. The van der Waals surface area contributed by atoms with Crippen LogP contribution in [0.15, 0.2) is 30.5 Å². The Bertz CT molecular complexity index is 656. The van der Waals surface area contributed by atoms with Gasteiger partial charge in [0, 0.05) is 17.6 Å². The van der Waals surface area contributed by atoms with Crippen LogP contribution in [0.2, 0.25) is 0 Å². The Morgan fingerprint density at radius 3 is 2.95 bits per heavy atom. The molecule has 1 unspecified atom stereocenters. The van der Waals surface area contributed by atoms with Crippen LogP contribution < -0.4 is 0 Å². The summed E-state index contributed by atoms with van der Waals surface area (Å²) in [5.41, 5.74) is 2.43. The van der Waals surface area contributed by atoms with Crippen LogP contribution in [0.4, 0.5) is 0 Å². The molecule has 4 heteroatoms. The molecule has 2 aromatic heterocycles. The fourth-order valence-corrected chi connectivity index (χ4v) is 4.84. The van der Waals surface area contributed by atoms with E-state index in [4.69, 9.17) is 0 Å². The largest absolute Gasteiger partial charge is 0.329 e. The third-order valence-electron chi connectivity index (χ3n) is 4.75. The van der Waals surface area contributed by atoms with Crippen molar-refractivity contribution in [3.63, 3.8) is 0 Å². The number of rotatable bonds is 2. The molecule has 0 radical (unpaired) electrons. The highest BCUT2D eigenvalue weighted by Crippen LogP contribution is 2.35. The van der Waals surface area contributed by atoms with E-state index >= 15 is 0 Å². The number of hydrogen-bond donors (Lipinski definition) is 0. The first-order valence-corrected chi connectivity index (χ1v) is 8.98. The van der Waals surface area contributed by atoms with Gasteiger partial charge >= 0.3 is 0 Å². The molecule has 0 spiro atoms. The molecule has 1 aliphatic carbocycles. The summed E-state index contributed by atoms with van der Waals surface area (Å²) in [6, 6.07) is 8.27. The second-order valence-corrected chi connectivity index (χ2v) is 7.31. The van der Waals surface area contributed by atoms with Crippen molar-refractivity contribution in [1.29, 1.82) is 0 Å². The molecule has 114 valence electrons. The molecule has 1 saturated heterocycles. The Hall–Kier alpha value is -1.68. The summed E-state index contributed by atoms with van der Waals surface area (Å²) in [5.74, 6) is 0.201. The molecule has 1 amide bonds. The summed E-state index contributed by atoms with van der Waals surface area (Å²) in [7, 11) is 0. The number of nitrogens with zero attached hydrogens (tertiary/aromatic N) is 2. The monoisotopic (exact) mass is 312 g/mol. The van der Waals surface area contributed by atoms with Gasteiger partial charge in [-0.05, 0) is 62.3 Å². The van der Waals surface area contributed by atoms with Gasteiger partial charge in [0.2, 0.25) is 0 Å². The Labute approximate surface area is 135 Å². The highest BCUT2D eigenvalue weighted by atomic mass is 32.1. The molecule has 0 aromatic carbocycles. The van der Waals surface area contributed by atoms with E-state index < -0.39 is 0 Å². The SMILES string of the molecule is O=C(c1cc2c(s1)CCCC2)N1CCCC1c1ccccn1. The van der Waals surface area contributed by atoms with E-state index in [0.717, 1.165) is 42.8 Å². The predicted octanol–water partition coefficient (Wildman–Crippen LogP) is 4.00. The van der Waals surface area contributed by atoms with Gasteiger partial charge in [0.1, 0.15) is 0 Å². The maximum absolute atomic E-state index is 13.0. The summed E-state index contributed by atoms with van der Waals surface area (Å²) in [4.78, 5) is 21.8. The van der Waals surface area contributed by atoms with Crippen molar-refractivity contribution in [1.82, 2.24) is 9.88 Å². The fraction of sp³-hybridized carbons (Fsp3) is 0.444. The van der Waals surface area contributed by atoms with Crippen LogP contribution in [0.25, 0.3) is 0 Å². The standard InChI is InChI=1S/C18H20N2OS/c21-18(17-12-13-6-1-2-9-16(13)22-17)20-11-5-8-15(20)14-7-3-4-10-19-14/h3-4,7,10,12,15H,1-2,5-6,8-9,11H2. The highest BCUT2D eigenvalue weighted by molar-refractivity contribution is 7.14. The molecule has 3 heterocycles. The van der Waals surface area contributed by atoms with Crippen LogP contribution >= 0.6 is 11.3 Å². The predicted molar refractivity (Wildman–Crippen MR) is 88.2 cm³/mol. The van der Waals surface area contributed by atoms with Crippen LogP contribution in [-0.4, -0.2) is 22.3 Å². The molecule has 22 heavy (non-hydrogen) atoms. The summed E-state index contributed by atoms with van der Waals surface area (Å²) in [5, 5.41) is 0. The molecule has 1 aliphatic heterocycles. The van der Waals surface area contributed by atoms with Crippen LogP contribution in [0.1, 0.15) is 57.5 Å². The third kappa shape index (κ3) is 2.45. The van der Waals surface area contributed by atoms with Gasteiger partial charge in [0.05, 0.1) is 16.6 Å². The molecule has 3 nitrogen and oxygen atoms in total. The van der Waals surface area contributed by atoms with E-state index in [1.807, 2.05) is 29.3 Å². The van der Waals surface area contributed by atoms with Gasteiger partial charge in [0.15, 0.2) is 0 Å². The summed E-state index contributed by atoms with van der Waals surface area (Å²) >= 11 is 1.72. The van der Waals surface area contributed by atoms with E-state index in [2.05, 4.69) is 11.1 Å². The quantitative estimate of drug-likeness (QED) is 0.840. The molecule has 1 atom stereocenters. The lowest BCUT2D eigenvalue weighted by atomic mass is 9.99. The Morgan fingerprint density at radius 2 is 2.14 bits per heavy atom. The molecule has 0 saturated carbocycles. The first-order valence-electron chi connectivity index (χ1n) is 8.16. The zero-order valence-electron chi connectivity index (χ0n) is 12.6. The van der Waals surface area contributed by atoms with E-state index in [1.165, 1.54) is 23.3 Å². The van der Waals surface area contributed by atoms with Gasteiger partial charge in [-0.25, -0.2) is 0 Å². The Morgan fingerprint density at radius 1 is 1.23 bits per heavy atom. The molecule has 4 rings (SSSR count).